The summed E-state index contributed by atoms with van der Waals surface area (Å²) in [5, 5.41) is 8.10. The highest BCUT2D eigenvalue weighted by Crippen LogP contribution is 2.23. The molecule has 0 aliphatic heterocycles. The number of thiocarbonyl (C=S) groups is 1. The van der Waals surface area contributed by atoms with E-state index < -0.39 is 0 Å². The van der Waals surface area contributed by atoms with Crippen LogP contribution in [0.15, 0.2) is 68.7 Å². The summed E-state index contributed by atoms with van der Waals surface area (Å²) in [6.45, 7) is 0.496. The van der Waals surface area contributed by atoms with Gasteiger partial charge in [-0.1, -0.05) is 11.6 Å². The van der Waals surface area contributed by atoms with E-state index in [0.29, 0.717) is 22.4 Å². The lowest BCUT2D eigenvalue weighted by Gasteiger charge is -2.04. The maximum atomic E-state index is 5.88. The summed E-state index contributed by atoms with van der Waals surface area (Å²) < 4.78 is 10.9. The van der Waals surface area contributed by atoms with Crippen molar-refractivity contribution >= 4 is 35.1 Å². The third-order valence-corrected chi connectivity index (χ3v) is 3.60. The monoisotopic (exact) mass is 359 g/mol. The van der Waals surface area contributed by atoms with Gasteiger partial charge in [0.2, 0.25) is 0 Å². The molecule has 0 unspecified atom stereocenters. The summed E-state index contributed by atoms with van der Waals surface area (Å²) in [5.74, 6) is 2.15. The highest BCUT2D eigenvalue weighted by Gasteiger charge is 2.03. The van der Waals surface area contributed by atoms with Crippen LogP contribution >= 0.6 is 23.8 Å². The molecular formula is C17H14ClN3O2S. The Kier molecular flexibility index (Phi) is 5.30. The van der Waals surface area contributed by atoms with Crippen LogP contribution in [0.4, 0.5) is 0 Å². The predicted molar refractivity (Wildman–Crippen MR) is 98.0 cm³/mol. The van der Waals surface area contributed by atoms with E-state index in [2.05, 4.69) is 15.8 Å². The third-order valence-electron chi connectivity index (χ3n) is 3.12. The SMILES string of the molecule is S=C(NCc1ccco1)N/N=C/c1ccc(-c2ccc(Cl)cc2)o1. The van der Waals surface area contributed by atoms with Crippen LogP contribution in [-0.4, -0.2) is 11.3 Å². The minimum Gasteiger partial charge on any atom is -0.467 e. The van der Waals surface area contributed by atoms with Gasteiger partial charge in [-0.3, -0.25) is 5.43 Å². The maximum Gasteiger partial charge on any atom is 0.187 e. The number of hydrazone groups is 1. The van der Waals surface area contributed by atoms with Crippen molar-refractivity contribution in [1.29, 1.82) is 0 Å². The highest BCUT2D eigenvalue weighted by atomic mass is 35.5. The van der Waals surface area contributed by atoms with Crippen LogP contribution in [0.25, 0.3) is 11.3 Å². The van der Waals surface area contributed by atoms with E-state index in [1.165, 1.54) is 0 Å². The smallest absolute Gasteiger partial charge is 0.187 e. The normalized spacial score (nSPS) is 10.9. The van der Waals surface area contributed by atoms with Crippen LogP contribution < -0.4 is 10.7 Å². The Morgan fingerprint density at radius 1 is 1.17 bits per heavy atom. The number of nitrogens with zero attached hydrogens (tertiary/aromatic N) is 1. The average molecular weight is 360 g/mol. The molecule has 2 N–H and O–H groups in total. The summed E-state index contributed by atoms with van der Waals surface area (Å²) in [7, 11) is 0. The van der Waals surface area contributed by atoms with Crippen molar-refractivity contribution in [3.05, 3.63) is 71.3 Å². The second-order valence-corrected chi connectivity index (χ2v) is 5.69. The molecule has 2 aromatic heterocycles. The molecule has 0 saturated carbocycles. The molecule has 24 heavy (non-hydrogen) atoms. The van der Waals surface area contributed by atoms with E-state index >= 15 is 0 Å². The first-order valence-corrected chi connectivity index (χ1v) is 7.94. The van der Waals surface area contributed by atoms with E-state index in [4.69, 9.17) is 32.7 Å². The lowest BCUT2D eigenvalue weighted by molar-refractivity contribution is 0.502. The Morgan fingerprint density at radius 2 is 2.00 bits per heavy atom. The van der Waals surface area contributed by atoms with Crippen LogP contribution in [0.2, 0.25) is 5.02 Å². The standard InChI is InChI=1S/C17H14ClN3O2S/c18-13-5-3-12(4-6-13)16-8-7-15(23-16)11-20-21-17(24)19-10-14-2-1-9-22-14/h1-9,11H,10H2,(H2,19,21,24)/b20-11+. The molecule has 0 atom stereocenters. The van der Waals surface area contributed by atoms with Gasteiger partial charge in [0.1, 0.15) is 17.3 Å². The van der Waals surface area contributed by atoms with Crippen molar-refractivity contribution < 1.29 is 8.83 Å². The molecule has 5 nitrogen and oxygen atoms in total. The fourth-order valence-electron chi connectivity index (χ4n) is 1.97. The second kappa shape index (κ2) is 7.81. The Balaban J connectivity index is 1.51. The summed E-state index contributed by atoms with van der Waals surface area (Å²) >= 11 is 11.0. The second-order valence-electron chi connectivity index (χ2n) is 4.84. The molecule has 0 aliphatic rings. The van der Waals surface area contributed by atoms with Crippen molar-refractivity contribution in [1.82, 2.24) is 10.7 Å². The molecule has 0 bridgehead atoms. The Morgan fingerprint density at radius 3 is 2.75 bits per heavy atom. The molecule has 0 spiro atoms. The molecule has 7 heteroatoms. The maximum absolute atomic E-state index is 5.88. The van der Waals surface area contributed by atoms with Crippen molar-refractivity contribution in [2.45, 2.75) is 6.54 Å². The lowest BCUT2D eigenvalue weighted by atomic mass is 10.2. The van der Waals surface area contributed by atoms with Gasteiger partial charge in [-0.25, -0.2) is 0 Å². The van der Waals surface area contributed by atoms with Gasteiger partial charge in [0.05, 0.1) is 19.0 Å². The van der Waals surface area contributed by atoms with Gasteiger partial charge >= 0.3 is 0 Å². The summed E-state index contributed by atoms with van der Waals surface area (Å²) in [5.41, 5.74) is 3.67. The first kappa shape index (κ1) is 16.3. The zero-order valence-corrected chi connectivity index (χ0v) is 14.1. The minimum absolute atomic E-state index is 0.395. The average Bonchev–Trinajstić information content (AvgIpc) is 3.25. The van der Waals surface area contributed by atoms with Gasteiger partial charge < -0.3 is 14.2 Å². The molecule has 0 fully saturated rings. The molecule has 3 rings (SSSR count). The molecule has 2 heterocycles. The Hall–Kier alpha value is -2.57. The Labute approximate surface area is 149 Å². The topological polar surface area (TPSA) is 62.7 Å². The zero-order valence-electron chi connectivity index (χ0n) is 12.5. The molecular weight excluding hydrogens is 346 g/mol. The summed E-state index contributed by atoms with van der Waals surface area (Å²) in [6, 6.07) is 14.8. The number of rotatable bonds is 5. The van der Waals surface area contributed by atoms with Gasteiger partial charge in [-0.15, -0.1) is 0 Å². The third kappa shape index (κ3) is 4.47. The van der Waals surface area contributed by atoms with Gasteiger partial charge in [-0.2, -0.15) is 5.10 Å². The molecule has 1 aromatic carbocycles. The zero-order chi connectivity index (χ0) is 16.8. The van der Waals surface area contributed by atoms with Crippen molar-refractivity contribution in [3.63, 3.8) is 0 Å². The minimum atomic E-state index is 0.395. The summed E-state index contributed by atoms with van der Waals surface area (Å²) in [6.07, 6.45) is 3.17. The fourth-order valence-corrected chi connectivity index (χ4v) is 2.22. The lowest BCUT2D eigenvalue weighted by Crippen LogP contribution is -2.31. The van der Waals surface area contributed by atoms with E-state index in [-0.39, 0.29) is 0 Å². The highest BCUT2D eigenvalue weighted by molar-refractivity contribution is 7.80. The predicted octanol–water partition coefficient (Wildman–Crippen LogP) is 4.19. The van der Waals surface area contributed by atoms with E-state index in [1.54, 1.807) is 12.5 Å². The number of hydrogen-bond donors (Lipinski definition) is 2. The number of halogens is 1. The van der Waals surface area contributed by atoms with E-state index in [9.17, 15) is 0 Å². The van der Waals surface area contributed by atoms with Gasteiger partial charge in [0, 0.05) is 10.6 Å². The van der Waals surface area contributed by atoms with E-state index in [1.807, 2.05) is 48.5 Å². The van der Waals surface area contributed by atoms with Crippen molar-refractivity contribution in [2.75, 3.05) is 0 Å². The largest absolute Gasteiger partial charge is 0.467 e. The van der Waals surface area contributed by atoms with Crippen LogP contribution in [0.5, 0.6) is 0 Å². The van der Waals surface area contributed by atoms with Crippen LogP contribution in [0.1, 0.15) is 11.5 Å². The van der Waals surface area contributed by atoms with Gasteiger partial charge in [-0.05, 0) is 60.7 Å². The number of benzene rings is 1. The molecule has 0 radical (unpaired) electrons. The van der Waals surface area contributed by atoms with Crippen LogP contribution in [-0.2, 0) is 6.54 Å². The quantitative estimate of drug-likeness (QED) is 0.406. The molecule has 0 aliphatic carbocycles. The Bertz CT molecular complexity index is 826. The molecule has 0 amide bonds. The number of nitrogens with one attached hydrogen (secondary N) is 2. The van der Waals surface area contributed by atoms with Crippen LogP contribution in [0.3, 0.4) is 0 Å². The van der Waals surface area contributed by atoms with Gasteiger partial charge in [0.25, 0.3) is 0 Å². The van der Waals surface area contributed by atoms with Crippen LogP contribution in [0, 0.1) is 0 Å². The summed E-state index contributed by atoms with van der Waals surface area (Å²) in [4.78, 5) is 0. The number of hydrogen-bond acceptors (Lipinski definition) is 4. The van der Waals surface area contributed by atoms with E-state index in [0.717, 1.165) is 17.1 Å². The first-order chi connectivity index (χ1) is 11.7. The first-order valence-electron chi connectivity index (χ1n) is 7.16. The molecule has 0 saturated heterocycles. The van der Waals surface area contributed by atoms with Crippen molar-refractivity contribution in [2.24, 2.45) is 5.10 Å². The van der Waals surface area contributed by atoms with Crippen molar-refractivity contribution in [3.8, 4) is 11.3 Å². The molecule has 122 valence electrons. The fraction of sp³-hybridized carbons (Fsp3) is 0.0588. The molecule has 3 aromatic rings. The number of furan rings is 2. The van der Waals surface area contributed by atoms with Gasteiger partial charge in [0.15, 0.2) is 5.11 Å².